The van der Waals surface area contributed by atoms with Crippen LogP contribution in [0.15, 0.2) is 66.7 Å². The van der Waals surface area contributed by atoms with Crippen LogP contribution in [0.4, 0.5) is 5.69 Å². The van der Waals surface area contributed by atoms with E-state index in [0.29, 0.717) is 17.8 Å². The van der Waals surface area contributed by atoms with Crippen LogP contribution in [-0.4, -0.2) is 24.1 Å². The first kappa shape index (κ1) is 26.0. The van der Waals surface area contributed by atoms with E-state index in [0.717, 1.165) is 17.5 Å². The van der Waals surface area contributed by atoms with Crippen molar-refractivity contribution in [2.75, 3.05) is 12.0 Å². The van der Waals surface area contributed by atoms with Gasteiger partial charge in [0.2, 0.25) is 0 Å². The Morgan fingerprint density at radius 1 is 0.886 bits per heavy atom. The Hall–Kier alpha value is -3.60. The topological polar surface area (TPSA) is 66.8 Å². The van der Waals surface area contributed by atoms with Crippen LogP contribution in [0.1, 0.15) is 76.4 Å². The number of unbranched alkanes of at least 4 members (excludes halogenated alkanes) is 4. The van der Waals surface area contributed by atoms with Crippen LogP contribution in [0.3, 0.4) is 0 Å². The first-order chi connectivity index (χ1) is 16.9. The lowest BCUT2D eigenvalue weighted by Crippen LogP contribution is -2.30. The average Bonchev–Trinajstić information content (AvgIpc) is 2.87. The number of phenols is 1. The van der Waals surface area contributed by atoms with Gasteiger partial charge in [-0.1, -0.05) is 74.6 Å². The van der Waals surface area contributed by atoms with Crippen LogP contribution in [0, 0.1) is 6.92 Å². The fourth-order valence-corrected chi connectivity index (χ4v) is 4.11. The van der Waals surface area contributed by atoms with Crippen LogP contribution >= 0.6 is 0 Å². The van der Waals surface area contributed by atoms with Gasteiger partial charge in [-0.25, -0.2) is 4.79 Å². The predicted octanol–water partition coefficient (Wildman–Crippen LogP) is 6.85. The summed E-state index contributed by atoms with van der Waals surface area (Å²) in [7, 11) is 1.26. The second-order valence-electron chi connectivity index (χ2n) is 8.93. The number of carbonyl (C=O) groups excluding carboxylic acids is 2. The van der Waals surface area contributed by atoms with Crippen LogP contribution in [-0.2, 0) is 17.7 Å². The second kappa shape index (κ2) is 12.7. The van der Waals surface area contributed by atoms with Crippen molar-refractivity contribution in [2.45, 2.75) is 58.9 Å². The van der Waals surface area contributed by atoms with Crippen molar-refractivity contribution in [1.29, 1.82) is 0 Å². The van der Waals surface area contributed by atoms with Crippen molar-refractivity contribution in [3.05, 3.63) is 94.5 Å². The van der Waals surface area contributed by atoms with Crippen molar-refractivity contribution in [3.8, 4) is 5.75 Å². The Morgan fingerprint density at radius 3 is 2.29 bits per heavy atom. The lowest BCUT2D eigenvalue weighted by atomic mass is 10.0. The molecular weight excluding hydrogens is 438 g/mol. The summed E-state index contributed by atoms with van der Waals surface area (Å²) in [6.45, 7) is 4.49. The van der Waals surface area contributed by atoms with Crippen molar-refractivity contribution < 1.29 is 19.4 Å². The van der Waals surface area contributed by atoms with Gasteiger partial charge in [-0.05, 0) is 61.2 Å². The maximum Gasteiger partial charge on any atom is 0.341 e. The number of benzene rings is 3. The number of hydrogen-bond acceptors (Lipinski definition) is 4. The van der Waals surface area contributed by atoms with Gasteiger partial charge in [0, 0.05) is 11.3 Å². The van der Waals surface area contributed by atoms with Crippen molar-refractivity contribution in [3.63, 3.8) is 0 Å². The number of anilines is 1. The molecule has 5 nitrogen and oxygen atoms in total. The number of phenolic OH excluding ortho intramolecular Hbond substituents is 1. The van der Waals surface area contributed by atoms with Gasteiger partial charge in [-0.2, -0.15) is 0 Å². The third-order valence-electron chi connectivity index (χ3n) is 6.14. The van der Waals surface area contributed by atoms with Gasteiger partial charge in [0.25, 0.3) is 5.91 Å². The van der Waals surface area contributed by atoms with Gasteiger partial charge in [-0.15, -0.1) is 0 Å². The highest BCUT2D eigenvalue weighted by molar-refractivity contribution is 6.07. The molecule has 0 aliphatic heterocycles. The molecule has 0 unspecified atom stereocenters. The molecule has 3 aromatic carbocycles. The maximum atomic E-state index is 13.6. The molecule has 0 heterocycles. The Labute approximate surface area is 208 Å². The van der Waals surface area contributed by atoms with Crippen molar-refractivity contribution in [1.82, 2.24) is 0 Å². The molecule has 0 atom stereocenters. The monoisotopic (exact) mass is 473 g/mol. The molecule has 0 aliphatic carbocycles. The van der Waals surface area contributed by atoms with Crippen LogP contribution < -0.4 is 4.90 Å². The molecule has 1 amide bonds. The largest absolute Gasteiger partial charge is 0.507 e. The fourth-order valence-electron chi connectivity index (χ4n) is 4.11. The van der Waals surface area contributed by atoms with Gasteiger partial charge in [0.05, 0.1) is 13.7 Å². The summed E-state index contributed by atoms with van der Waals surface area (Å²) in [6, 6.07) is 20.3. The molecule has 0 bridgehead atoms. The minimum absolute atomic E-state index is 0.0189. The SMILES string of the molecule is CCCCCCCc1ccc(CN(C(=O)c2cccc(C)c2)c2ccc(O)c(C(=O)OC)c2)cc1. The van der Waals surface area contributed by atoms with E-state index < -0.39 is 5.97 Å². The van der Waals surface area contributed by atoms with E-state index in [2.05, 4.69) is 31.2 Å². The molecule has 0 saturated heterocycles. The van der Waals surface area contributed by atoms with Gasteiger partial charge < -0.3 is 14.7 Å². The molecule has 0 aromatic heterocycles. The molecular formula is C30H35NO4. The fraction of sp³-hybridized carbons (Fsp3) is 0.333. The summed E-state index contributed by atoms with van der Waals surface area (Å²) < 4.78 is 4.80. The number of amides is 1. The van der Waals surface area contributed by atoms with E-state index in [1.54, 1.807) is 17.0 Å². The third kappa shape index (κ3) is 7.19. The minimum atomic E-state index is -0.657. The number of aryl methyl sites for hydroxylation is 2. The number of hydrogen-bond donors (Lipinski definition) is 1. The summed E-state index contributed by atoms with van der Waals surface area (Å²) >= 11 is 0. The summed E-state index contributed by atoms with van der Waals surface area (Å²) in [5.41, 5.74) is 4.34. The predicted molar refractivity (Wildman–Crippen MR) is 140 cm³/mol. The molecule has 0 aliphatic rings. The average molecular weight is 474 g/mol. The zero-order chi connectivity index (χ0) is 25.2. The molecule has 0 saturated carbocycles. The maximum absolute atomic E-state index is 13.6. The summed E-state index contributed by atoms with van der Waals surface area (Å²) in [4.78, 5) is 27.4. The highest BCUT2D eigenvalue weighted by atomic mass is 16.5. The number of nitrogens with zero attached hydrogens (tertiary/aromatic N) is 1. The van der Waals surface area contributed by atoms with E-state index in [9.17, 15) is 14.7 Å². The van der Waals surface area contributed by atoms with Gasteiger partial charge in [0.15, 0.2) is 0 Å². The first-order valence-corrected chi connectivity index (χ1v) is 12.3. The normalized spacial score (nSPS) is 10.7. The molecule has 0 spiro atoms. The van der Waals surface area contributed by atoms with Crippen LogP contribution in [0.2, 0.25) is 0 Å². The van der Waals surface area contributed by atoms with E-state index in [4.69, 9.17) is 4.74 Å². The number of aromatic hydroxyl groups is 1. The standard InChI is InChI=1S/C30H35NO4/c1-4-5-6-7-8-11-23-13-15-24(16-14-23)21-31(29(33)25-12-9-10-22(2)19-25)26-17-18-28(32)27(20-26)30(34)35-3/h9-10,12-20,32H,4-8,11,21H2,1-3H3. The molecule has 3 rings (SSSR count). The zero-order valence-electron chi connectivity index (χ0n) is 20.9. The number of ether oxygens (including phenoxy) is 1. The third-order valence-corrected chi connectivity index (χ3v) is 6.14. The number of methoxy groups -OCH3 is 1. The van der Waals surface area contributed by atoms with E-state index in [1.807, 2.05) is 25.1 Å². The van der Waals surface area contributed by atoms with Crippen LogP contribution in [0.25, 0.3) is 0 Å². The van der Waals surface area contributed by atoms with E-state index in [-0.39, 0.29) is 17.2 Å². The summed E-state index contributed by atoms with van der Waals surface area (Å²) in [5.74, 6) is -1.03. The Kier molecular flexibility index (Phi) is 9.47. The Morgan fingerprint density at radius 2 is 1.60 bits per heavy atom. The number of esters is 1. The molecule has 184 valence electrons. The van der Waals surface area contributed by atoms with Gasteiger partial charge >= 0.3 is 5.97 Å². The molecule has 35 heavy (non-hydrogen) atoms. The second-order valence-corrected chi connectivity index (χ2v) is 8.93. The first-order valence-electron chi connectivity index (χ1n) is 12.3. The van der Waals surface area contributed by atoms with Crippen molar-refractivity contribution >= 4 is 17.6 Å². The Balaban J connectivity index is 1.85. The number of carbonyl (C=O) groups is 2. The smallest absolute Gasteiger partial charge is 0.341 e. The lowest BCUT2D eigenvalue weighted by Gasteiger charge is -2.24. The minimum Gasteiger partial charge on any atom is -0.507 e. The quantitative estimate of drug-likeness (QED) is 0.244. The lowest BCUT2D eigenvalue weighted by molar-refractivity contribution is 0.0597. The zero-order valence-corrected chi connectivity index (χ0v) is 20.9. The highest BCUT2D eigenvalue weighted by Crippen LogP contribution is 2.28. The molecule has 1 N–H and O–H groups in total. The van der Waals surface area contributed by atoms with Gasteiger partial charge in [0.1, 0.15) is 11.3 Å². The molecule has 3 aromatic rings. The van der Waals surface area contributed by atoms with E-state index in [1.165, 1.54) is 56.9 Å². The Bertz CT molecular complexity index is 1140. The van der Waals surface area contributed by atoms with Crippen LogP contribution in [0.5, 0.6) is 5.75 Å². The highest BCUT2D eigenvalue weighted by Gasteiger charge is 2.21. The molecule has 0 radical (unpaired) electrons. The van der Waals surface area contributed by atoms with Gasteiger partial charge in [-0.3, -0.25) is 4.79 Å². The summed E-state index contributed by atoms with van der Waals surface area (Å²) in [5, 5.41) is 10.1. The molecule has 0 fully saturated rings. The summed E-state index contributed by atoms with van der Waals surface area (Å²) in [6.07, 6.45) is 7.30. The van der Waals surface area contributed by atoms with E-state index >= 15 is 0 Å². The van der Waals surface area contributed by atoms with Crippen molar-refractivity contribution in [2.24, 2.45) is 0 Å². The number of rotatable bonds is 11. The molecule has 5 heteroatoms.